The van der Waals surface area contributed by atoms with Crippen molar-refractivity contribution < 1.29 is 4.79 Å². The van der Waals surface area contributed by atoms with Crippen LogP contribution in [-0.4, -0.2) is 17.4 Å². The van der Waals surface area contributed by atoms with Gasteiger partial charge in [0.25, 0.3) is 5.91 Å². The van der Waals surface area contributed by atoms with Crippen molar-refractivity contribution in [2.45, 2.75) is 20.8 Å². The third kappa shape index (κ3) is 3.81. The lowest BCUT2D eigenvalue weighted by molar-refractivity contribution is 0.0940. The zero-order chi connectivity index (χ0) is 12.1. The molecule has 0 aliphatic carbocycles. The first-order valence-electron chi connectivity index (χ1n) is 5.41. The van der Waals surface area contributed by atoms with Crippen LogP contribution in [0.2, 0.25) is 5.15 Å². The summed E-state index contributed by atoms with van der Waals surface area (Å²) in [4.78, 5) is 15.6. The molecule has 1 unspecified atom stereocenters. The lowest BCUT2D eigenvalue weighted by atomic mass is 9.98. The fourth-order valence-corrected chi connectivity index (χ4v) is 1.28. The maximum Gasteiger partial charge on any atom is 0.269 e. The third-order valence-corrected chi connectivity index (χ3v) is 2.88. The van der Waals surface area contributed by atoms with Gasteiger partial charge in [-0.25, -0.2) is 4.98 Å². The van der Waals surface area contributed by atoms with E-state index in [0.29, 0.717) is 29.2 Å². The number of hydrogen-bond donors (Lipinski definition) is 1. The van der Waals surface area contributed by atoms with Gasteiger partial charge in [0.1, 0.15) is 10.8 Å². The minimum atomic E-state index is -0.171. The van der Waals surface area contributed by atoms with Crippen molar-refractivity contribution in [2.24, 2.45) is 11.8 Å². The van der Waals surface area contributed by atoms with Gasteiger partial charge in [-0.05, 0) is 24.0 Å². The average Bonchev–Trinajstić information content (AvgIpc) is 2.25. The summed E-state index contributed by atoms with van der Waals surface area (Å²) >= 11 is 5.71. The Hall–Kier alpha value is -1.09. The molecule has 0 bridgehead atoms. The highest BCUT2D eigenvalue weighted by atomic mass is 35.5. The van der Waals surface area contributed by atoms with Crippen LogP contribution in [0.1, 0.15) is 31.3 Å². The molecular weight excluding hydrogens is 224 g/mol. The lowest BCUT2D eigenvalue weighted by Crippen LogP contribution is -2.30. The molecule has 88 valence electrons. The van der Waals surface area contributed by atoms with Crippen molar-refractivity contribution in [3.05, 3.63) is 29.0 Å². The summed E-state index contributed by atoms with van der Waals surface area (Å²) in [6.45, 7) is 7.03. The molecule has 1 aromatic heterocycles. The Morgan fingerprint density at radius 3 is 2.69 bits per heavy atom. The van der Waals surface area contributed by atoms with Crippen LogP contribution in [0, 0.1) is 11.8 Å². The van der Waals surface area contributed by atoms with Crippen LogP contribution in [-0.2, 0) is 0 Å². The summed E-state index contributed by atoms with van der Waals surface area (Å²) in [6, 6.07) is 5.02. The van der Waals surface area contributed by atoms with Gasteiger partial charge in [-0.2, -0.15) is 0 Å². The van der Waals surface area contributed by atoms with Crippen molar-refractivity contribution in [3.8, 4) is 0 Å². The first kappa shape index (κ1) is 13.0. The van der Waals surface area contributed by atoms with E-state index in [2.05, 4.69) is 31.1 Å². The maximum absolute atomic E-state index is 11.7. The van der Waals surface area contributed by atoms with Gasteiger partial charge in [0.2, 0.25) is 0 Å². The van der Waals surface area contributed by atoms with Gasteiger partial charge < -0.3 is 5.32 Å². The average molecular weight is 241 g/mol. The molecule has 0 saturated heterocycles. The topological polar surface area (TPSA) is 42.0 Å². The number of rotatable bonds is 4. The molecule has 0 fully saturated rings. The molecule has 0 saturated carbocycles. The molecule has 1 rings (SSSR count). The zero-order valence-corrected chi connectivity index (χ0v) is 10.6. The zero-order valence-electron chi connectivity index (χ0n) is 9.83. The molecule has 1 aromatic rings. The monoisotopic (exact) mass is 240 g/mol. The molecule has 0 spiro atoms. The Labute approximate surface area is 101 Å². The maximum atomic E-state index is 11.7. The molecule has 1 heterocycles. The van der Waals surface area contributed by atoms with Crippen LogP contribution in [0.15, 0.2) is 18.2 Å². The number of hydrogen-bond acceptors (Lipinski definition) is 2. The van der Waals surface area contributed by atoms with E-state index in [1.165, 1.54) is 0 Å². The summed E-state index contributed by atoms with van der Waals surface area (Å²) in [7, 11) is 0. The second kappa shape index (κ2) is 5.85. The van der Waals surface area contributed by atoms with Crippen molar-refractivity contribution in [1.29, 1.82) is 0 Å². The van der Waals surface area contributed by atoms with Crippen LogP contribution >= 0.6 is 11.6 Å². The minimum absolute atomic E-state index is 0.171. The van der Waals surface area contributed by atoms with Crippen LogP contribution in [0.3, 0.4) is 0 Å². The van der Waals surface area contributed by atoms with Gasteiger partial charge in [0.05, 0.1) is 0 Å². The summed E-state index contributed by atoms with van der Waals surface area (Å²) < 4.78 is 0. The number of pyridine rings is 1. The second-order valence-electron chi connectivity index (χ2n) is 4.28. The van der Waals surface area contributed by atoms with Crippen LogP contribution in [0.4, 0.5) is 0 Å². The van der Waals surface area contributed by atoms with E-state index in [1.54, 1.807) is 18.2 Å². The van der Waals surface area contributed by atoms with Gasteiger partial charge >= 0.3 is 0 Å². The molecule has 4 heteroatoms. The fourth-order valence-electron chi connectivity index (χ4n) is 1.11. The Kier molecular flexibility index (Phi) is 4.74. The van der Waals surface area contributed by atoms with E-state index in [4.69, 9.17) is 11.6 Å². The van der Waals surface area contributed by atoms with E-state index in [0.717, 1.165) is 0 Å². The Morgan fingerprint density at radius 1 is 1.44 bits per heavy atom. The summed E-state index contributed by atoms with van der Waals surface area (Å²) in [6.07, 6.45) is 0. The first-order valence-corrected chi connectivity index (χ1v) is 5.79. The molecule has 1 atom stereocenters. The van der Waals surface area contributed by atoms with E-state index in [9.17, 15) is 4.79 Å². The number of nitrogens with zero attached hydrogens (tertiary/aromatic N) is 1. The van der Waals surface area contributed by atoms with Gasteiger partial charge in [-0.3, -0.25) is 4.79 Å². The number of aromatic nitrogens is 1. The third-order valence-electron chi connectivity index (χ3n) is 2.67. The molecular formula is C12H17ClN2O. The quantitative estimate of drug-likeness (QED) is 0.823. The van der Waals surface area contributed by atoms with Crippen LogP contribution in [0.5, 0.6) is 0 Å². The van der Waals surface area contributed by atoms with Crippen LogP contribution in [0.25, 0.3) is 0 Å². The standard InChI is InChI=1S/C12H17ClN2O/c1-8(2)9(3)7-14-12(16)10-5-4-6-11(13)15-10/h4-6,8-9H,7H2,1-3H3,(H,14,16). The molecule has 3 nitrogen and oxygen atoms in total. The Balaban J connectivity index is 2.53. The highest BCUT2D eigenvalue weighted by Crippen LogP contribution is 2.08. The summed E-state index contributed by atoms with van der Waals surface area (Å²) in [5.74, 6) is 0.825. The predicted octanol–water partition coefficient (Wildman–Crippen LogP) is 2.76. The van der Waals surface area contributed by atoms with Gasteiger partial charge in [-0.1, -0.05) is 38.4 Å². The highest BCUT2D eigenvalue weighted by Gasteiger charge is 2.11. The lowest BCUT2D eigenvalue weighted by Gasteiger charge is -2.15. The Morgan fingerprint density at radius 2 is 2.12 bits per heavy atom. The highest BCUT2D eigenvalue weighted by molar-refractivity contribution is 6.29. The van der Waals surface area contributed by atoms with Gasteiger partial charge in [0, 0.05) is 6.54 Å². The molecule has 1 amide bonds. The number of halogens is 1. The minimum Gasteiger partial charge on any atom is -0.350 e. The molecule has 0 aromatic carbocycles. The predicted molar refractivity (Wildman–Crippen MR) is 65.6 cm³/mol. The largest absolute Gasteiger partial charge is 0.350 e. The Bertz CT molecular complexity index is 366. The smallest absolute Gasteiger partial charge is 0.269 e. The number of carbonyl (C=O) groups excluding carboxylic acids is 1. The molecule has 16 heavy (non-hydrogen) atoms. The van der Waals surface area contributed by atoms with E-state index < -0.39 is 0 Å². The normalized spacial score (nSPS) is 12.6. The van der Waals surface area contributed by atoms with Crippen molar-refractivity contribution in [1.82, 2.24) is 10.3 Å². The van der Waals surface area contributed by atoms with Crippen molar-refractivity contribution in [2.75, 3.05) is 6.54 Å². The number of nitrogens with one attached hydrogen (secondary N) is 1. The molecule has 0 aliphatic heterocycles. The molecule has 1 N–H and O–H groups in total. The van der Waals surface area contributed by atoms with Crippen molar-refractivity contribution >= 4 is 17.5 Å². The van der Waals surface area contributed by atoms with Crippen molar-refractivity contribution in [3.63, 3.8) is 0 Å². The van der Waals surface area contributed by atoms with Gasteiger partial charge in [-0.15, -0.1) is 0 Å². The summed E-state index contributed by atoms with van der Waals surface area (Å²) in [5, 5.41) is 3.18. The second-order valence-corrected chi connectivity index (χ2v) is 4.66. The van der Waals surface area contributed by atoms with E-state index >= 15 is 0 Å². The van der Waals surface area contributed by atoms with Crippen LogP contribution < -0.4 is 5.32 Å². The number of amides is 1. The molecule has 0 radical (unpaired) electrons. The first-order chi connectivity index (χ1) is 7.50. The SMILES string of the molecule is CC(C)C(C)CNC(=O)c1cccc(Cl)n1. The van der Waals surface area contributed by atoms with E-state index in [1.807, 2.05) is 0 Å². The van der Waals surface area contributed by atoms with E-state index in [-0.39, 0.29) is 5.91 Å². The summed E-state index contributed by atoms with van der Waals surface area (Å²) in [5.41, 5.74) is 0.364. The molecule has 0 aliphatic rings. The number of carbonyl (C=O) groups is 1. The fraction of sp³-hybridized carbons (Fsp3) is 0.500. The van der Waals surface area contributed by atoms with Gasteiger partial charge in [0.15, 0.2) is 0 Å².